The summed E-state index contributed by atoms with van der Waals surface area (Å²) in [7, 11) is 1.54. The number of hydrogen-bond donors (Lipinski definition) is 1. The number of hydrogen-bond acceptors (Lipinski definition) is 4. The first kappa shape index (κ1) is 15.2. The highest BCUT2D eigenvalue weighted by atomic mass is 19.1. The van der Waals surface area contributed by atoms with E-state index in [1.54, 1.807) is 13.2 Å². The predicted octanol–water partition coefficient (Wildman–Crippen LogP) is 3.48. The number of rotatable bonds is 2. The number of ether oxygens (including phenoxy) is 1. The summed E-state index contributed by atoms with van der Waals surface area (Å²) in [5.41, 5.74) is 7.64. The molecule has 0 saturated carbocycles. The van der Waals surface area contributed by atoms with Crippen LogP contribution in [0.1, 0.15) is 32.2 Å². The molecule has 0 atom stereocenters. The maximum absolute atomic E-state index is 13.6. The first-order chi connectivity index (χ1) is 9.74. The first-order valence-electron chi connectivity index (χ1n) is 6.72. The van der Waals surface area contributed by atoms with Crippen LogP contribution in [0.25, 0.3) is 11.3 Å². The molecule has 2 aromatic rings. The van der Waals surface area contributed by atoms with Crippen LogP contribution in [0.15, 0.2) is 18.2 Å². The fourth-order valence-electron chi connectivity index (χ4n) is 2.00. The van der Waals surface area contributed by atoms with Crippen molar-refractivity contribution in [3.8, 4) is 17.0 Å². The molecule has 21 heavy (non-hydrogen) atoms. The first-order valence-corrected chi connectivity index (χ1v) is 6.72. The van der Waals surface area contributed by atoms with E-state index in [1.165, 1.54) is 12.1 Å². The van der Waals surface area contributed by atoms with Gasteiger partial charge in [0.15, 0.2) is 0 Å². The van der Waals surface area contributed by atoms with Gasteiger partial charge in [0.05, 0.1) is 12.8 Å². The summed E-state index contributed by atoms with van der Waals surface area (Å²) in [5, 5.41) is 0. The lowest BCUT2D eigenvalue weighted by Crippen LogP contribution is -2.18. The van der Waals surface area contributed by atoms with E-state index >= 15 is 0 Å². The van der Waals surface area contributed by atoms with Crippen molar-refractivity contribution in [2.75, 3.05) is 12.8 Å². The molecule has 0 bridgehead atoms. The van der Waals surface area contributed by atoms with Gasteiger partial charge in [-0.3, -0.25) is 0 Å². The van der Waals surface area contributed by atoms with E-state index in [0.717, 1.165) is 0 Å². The van der Waals surface area contributed by atoms with E-state index in [2.05, 4.69) is 9.97 Å². The number of nitrogens with zero attached hydrogens (tertiary/aromatic N) is 2. The van der Waals surface area contributed by atoms with E-state index in [1.807, 2.05) is 27.7 Å². The Balaban J connectivity index is 2.74. The van der Waals surface area contributed by atoms with Gasteiger partial charge in [0.25, 0.3) is 0 Å². The number of methoxy groups -OCH3 is 1. The average molecular weight is 289 g/mol. The minimum Gasteiger partial charge on any atom is -0.496 e. The molecule has 1 aromatic carbocycles. The number of anilines is 1. The second kappa shape index (κ2) is 5.31. The molecule has 0 radical (unpaired) electrons. The zero-order valence-electron chi connectivity index (χ0n) is 13.0. The second-order valence-electron chi connectivity index (χ2n) is 6.00. The van der Waals surface area contributed by atoms with Crippen molar-refractivity contribution in [3.05, 3.63) is 35.4 Å². The SMILES string of the molecule is COc1ccc(F)cc1-c1nc(C(C)(C)C)nc(N)c1C. The Bertz CT molecular complexity index is 678. The van der Waals surface area contributed by atoms with Crippen molar-refractivity contribution in [3.63, 3.8) is 0 Å². The van der Waals surface area contributed by atoms with Gasteiger partial charge in [0.1, 0.15) is 23.2 Å². The fourth-order valence-corrected chi connectivity index (χ4v) is 2.00. The van der Waals surface area contributed by atoms with Crippen LogP contribution in [-0.4, -0.2) is 17.1 Å². The Morgan fingerprint density at radius 2 is 1.86 bits per heavy atom. The number of nitrogens with two attached hydrogens (primary N) is 1. The highest BCUT2D eigenvalue weighted by molar-refractivity contribution is 5.73. The summed E-state index contributed by atoms with van der Waals surface area (Å²) in [6, 6.07) is 4.34. The van der Waals surface area contributed by atoms with Gasteiger partial charge in [-0.1, -0.05) is 20.8 Å². The van der Waals surface area contributed by atoms with Gasteiger partial charge in [-0.05, 0) is 25.1 Å². The molecule has 0 fully saturated rings. The van der Waals surface area contributed by atoms with Crippen LogP contribution >= 0.6 is 0 Å². The molecule has 4 nitrogen and oxygen atoms in total. The Morgan fingerprint density at radius 1 is 1.19 bits per heavy atom. The third-order valence-electron chi connectivity index (χ3n) is 3.27. The van der Waals surface area contributed by atoms with Crippen molar-refractivity contribution in [2.45, 2.75) is 33.1 Å². The monoisotopic (exact) mass is 289 g/mol. The van der Waals surface area contributed by atoms with Gasteiger partial charge in [-0.15, -0.1) is 0 Å². The Kier molecular flexibility index (Phi) is 3.85. The van der Waals surface area contributed by atoms with Gasteiger partial charge < -0.3 is 10.5 Å². The highest BCUT2D eigenvalue weighted by Crippen LogP contribution is 2.34. The van der Waals surface area contributed by atoms with Gasteiger partial charge >= 0.3 is 0 Å². The lowest BCUT2D eigenvalue weighted by atomic mass is 9.94. The summed E-state index contributed by atoms with van der Waals surface area (Å²) in [4.78, 5) is 8.93. The van der Waals surface area contributed by atoms with E-state index in [-0.39, 0.29) is 11.2 Å². The molecule has 0 unspecified atom stereocenters. The van der Waals surface area contributed by atoms with E-state index < -0.39 is 0 Å². The van der Waals surface area contributed by atoms with Crippen LogP contribution in [0.3, 0.4) is 0 Å². The Labute approximate surface area is 124 Å². The van der Waals surface area contributed by atoms with E-state index in [0.29, 0.717) is 34.2 Å². The third kappa shape index (κ3) is 2.96. The Morgan fingerprint density at radius 3 is 2.43 bits per heavy atom. The van der Waals surface area contributed by atoms with Crippen molar-refractivity contribution in [1.82, 2.24) is 9.97 Å². The maximum Gasteiger partial charge on any atom is 0.136 e. The van der Waals surface area contributed by atoms with Gasteiger partial charge in [0, 0.05) is 16.5 Å². The fraction of sp³-hybridized carbons (Fsp3) is 0.375. The van der Waals surface area contributed by atoms with Crippen LogP contribution in [0.5, 0.6) is 5.75 Å². The molecule has 0 spiro atoms. The van der Waals surface area contributed by atoms with Crippen LogP contribution < -0.4 is 10.5 Å². The summed E-state index contributed by atoms with van der Waals surface area (Å²) in [6.45, 7) is 7.83. The van der Waals surface area contributed by atoms with Crippen LogP contribution in [-0.2, 0) is 5.41 Å². The van der Waals surface area contributed by atoms with Crippen molar-refractivity contribution in [2.24, 2.45) is 0 Å². The largest absolute Gasteiger partial charge is 0.496 e. The van der Waals surface area contributed by atoms with Gasteiger partial charge in [0.2, 0.25) is 0 Å². The van der Waals surface area contributed by atoms with E-state index in [9.17, 15) is 4.39 Å². The molecule has 0 saturated heterocycles. The van der Waals surface area contributed by atoms with Crippen LogP contribution in [0.2, 0.25) is 0 Å². The van der Waals surface area contributed by atoms with Crippen LogP contribution in [0.4, 0.5) is 10.2 Å². The van der Waals surface area contributed by atoms with Crippen LogP contribution in [0, 0.1) is 12.7 Å². The predicted molar refractivity (Wildman–Crippen MR) is 81.8 cm³/mol. The number of aromatic nitrogens is 2. The molecule has 0 aliphatic rings. The molecule has 1 aromatic heterocycles. The van der Waals surface area contributed by atoms with Gasteiger partial charge in [-0.2, -0.15) is 0 Å². The second-order valence-corrected chi connectivity index (χ2v) is 6.00. The zero-order valence-corrected chi connectivity index (χ0v) is 13.0. The third-order valence-corrected chi connectivity index (χ3v) is 3.27. The molecule has 2 rings (SSSR count). The van der Waals surface area contributed by atoms with Crippen molar-refractivity contribution >= 4 is 5.82 Å². The normalized spacial score (nSPS) is 11.5. The number of halogens is 1. The van der Waals surface area contributed by atoms with Crippen molar-refractivity contribution < 1.29 is 9.13 Å². The molecule has 2 N–H and O–H groups in total. The summed E-state index contributed by atoms with van der Waals surface area (Å²) in [5.74, 6) is 1.22. The van der Waals surface area contributed by atoms with E-state index in [4.69, 9.17) is 10.5 Å². The summed E-state index contributed by atoms with van der Waals surface area (Å²) in [6.07, 6.45) is 0. The smallest absolute Gasteiger partial charge is 0.136 e. The Hall–Kier alpha value is -2.17. The minimum atomic E-state index is -0.348. The highest BCUT2D eigenvalue weighted by Gasteiger charge is 2.22. The maximum atomic E-state index is 13.6. The zero-order chi connectivity index (χ0) is 15.8. The number of nitrogen functional groups attached to an aromatic ring is 1. The summed E-state index contributed by atoms with van der Waals surface area (Å²) >= 11 is 0. The quantitative estimate of drug-likeness (QED) is 0.919. The van der Waals surface area contributed by atoms with Gasteiger partial charge in [-0.25, -0.2) is 14.4 Å². The molecule has 112 valence electrons. The molecular weight excluding hydrogens is 269 g/mol. The summed E-state index contributed by atoms with van der Waals surface area (Å²) < 4.78 is 18.9. The standard InChI is InChI=1S/C16H20FN3O/c1-9-13(11-8-10(17)6-7-12(11)21-5)19-15(16(2,3)4)20-14(9)18/h6-8H,1-5H3,(H2,18,19,20). The molecule has 0 aliphatic heterocycles. The molecular formula is C16H20FN3O. The molecule has 1 heterocycles. The molecule has 0 amide bonds. The average Bonchev–Trinajstić information content (AvgIpc) is 2.40. The minimum absolute atomic E-state index is 0.253. The molecule has 5 heteroatoms. The lowest BCUT2D eigenvalue weighted by molar-refractivity contribution is 0.415. The lowest BCUT2D eigenvalue weighted by Gasteiger charge is -2.20. The number of benzene rings is 1. The topological polar surface area (TPSA) is 61.0 Å². The van der Waals surface area contributed by atoms with Crippen molar-refractivity contribution in [1.29, 1.82) is 0 Å². The molecule has 0 aliphatic carbocycles.